The lowest BCUT2D eigenvalue weighted by Gasteiger charge is -2.30. The molecule has 0 spiro atoms. The minimum absolute atomic E-state index is 0.00690. The molecule has 23 heavy (non-hydrogen) atoms. The monoisotopic (exact) mass is 318 g/mol. The number of carbonyl (C=O) groups is 1. The van der Waals surface area contributed by atoms with Crippen LogP contribution in [0.5, 0.6) is 0 Å². The highest BCUT2D eigenvalue weighted by Gasteiger charge is 2.44. The van der Waals surface area contributed by atoms with Crippen molar-refractivity contribution < 1.29 is 19.0 Å². The number of hydrogen-bond donors (Lipinski definition) is 1. The van der Waals surface area contributed by atoms with Gasteiger partial charge in [0.25, 0.3) is 0 Å². The molecule has 2 saturated heterocycles. The topological polar surface area (TPSA) is 60.0 Å². The summed E-state index contributed by atoms with van der Waals surface area (Å²) >= 11 is 0. The maximum atomic E-state index is 12.1. The molecule has 1 N–H and O–H groups in total. The van der Waals surface area contributed by atoms with Crippen LogP contribution in [0.15, 0.2) is 30.3 Å². The van der Waals surface area contributed by atoms with Gasteiger partial charge in [0, 0.05) is 0 Å². The second-order valence-electron chi connectivity index (χ2n) is 6.39. The van der Waals surface area contributed by atoms with Crippen molar-refractivity contribution in [2.75, 3.05) is 19.8 Å². The summed E-state index contributed by atoms with van der Waals surface area (Å²) < 4.78 is 16.6. The molecule has 3 aliphatic rings. The molecule has 6 nitrogen and oxygen atoms in total. The Kier molecular flexibility index (Phi) is 4.20. The molecule has 1 saturated carbocycles. The molecule has 1 aromatic rings. The van der Waals surface area contributed by atoms with Gasteiger partial charge in [0.15, 0.2) is 6.29 Å². The molecule has 2 aliphatic heterocycles. The number of carbonyl (C=O) groups excluding carboxylic acids is 1. The molecular formula is C17H22N2O4. The fourth-order valence-electron chi connectivity index (χ4n) is 3.24. The van der Waals surface area contributed by atoms with Crippen molar-refractivity contribution in [3.63, 3.8) is 0 Å². The van der Waals surface area contributed by atoms with Crippen LogP contribution in [0.3, 0.4) is 0 Å². The number of nitrogens with zero attached hydrogens (tertiary/aromatic N) is 1. The van der Waals surface area contributed by atoms with Crippen LogP contribution in [-0.4, -0.2) is 49.3 Å². The smallest absolute Gasteiger partial charge is 0.424 e. The van der Waals surface area contributed by atoms with Crippen molar-refractivity contribution in [2.45, 2.75) is 37.6 Å². The zero-order chi connectivity index (χ0) is 15.6. The van der Waals surface area contributed by atoms with E-state index in [4.69, 9.17) is 14.2 Å². The molecule has 6 heteroatoms. The highest BCUT2D eigenvalue weighted by Crippen LogP contribution is 2.36. The van der Waals surface area contributed by atoms with Gasteiger partial charge in [-0.25, -0.2) is 15.2 Å². The first-order valence-electron chi connectivity index (χ1n) is 8.30. The minimum atomic E-state index is -0.311. The van der Waals surface area contributed by atoms with Crippen LogP contribution >= 0.6 is 0 Å². The largest absolute Gasteiger partial charge is 0.446 e. The van der Waals surface area contributed by atoms with Crippen LogP contribution in [0.25, 0.3) is 0 Å². The molecule has 0 unspecified atom stereocenters. The van der Waals surface area contributed by atoms with Gasteiger partial charge in [-0.15, -0.1) is 0 Å². The first kappa shape index (κ1) is 14.9. The van der Waals surface area contributed by atoms with E-state index < -0.39 is 0 Å². The van der Waals surface area contributed by atoms with E-state index in [9.17, 15) is 4.79 Å². The molecule has 3 fully saturated rings. The molecule has 0 radical (unpaired) electrons. The third-order valence-electron chi connectivity index (χ3n) is 4.63. The van der Waals surface area contributed by atoms with Crippen LogP contribution in [0.1, 0.15) is 18.4 Å². The lowest BCUT2D eigenvalue weighted by atomic mass is 10.1. The summed E-state index contributed by atoms with van der Waals surface area (Å²) in [7, 11) is 0. The van der Waals surface area contributed by atoms with Crippen molar-refractivity contribution in [2.24, 2.45) is 5.92 Å². The normalized spacial score (nSPS) is 26.5. The maximum Gasteiger partial charge on any atom is 0.424 e. The van der Waals surface area contributed by atoms with Gasteiger partial charge < -0.3 is 14.2 Å². The molecule has 1 amide bonds. The average Bonchev–Trinajstić information content (AvgIpc) is 3.15. The summed E-state index contributed by atoms with van der Waals surface area (Å²) in [5.74, 6) is 0.504. The molecule has 4 rings (SSSR count). The van der Waals surface area contributed by atoms with Gasteiger partial charge in [-0.2, -0.15) is 0 Å². The lowest BCUT2D eigenvalue weighted by molar-refractivity contribution is -0.0862. The predicted octanol–water partition coefficient (Wildman–Crippen LogP) is 1.71. The molecule has 1 aromatic carbocycles. The number of benzene rings is 1. The van der Waals surface area contributed by atoms with Gasteiger partial charge in [0.1, 0.15) is 6.61 Å². The molecule has 2 heterocycles. The average molecular weight is 318 g/mol. The zero-order valence-electron chi connectivity index (χ0n) is 13.0. The van der Waals surface area contributed by atoms with Gasteiger partial charge >= 0.3 is 6.09 Å². The summed E-state index contributed by atoms with van der Waals surface area (Å²) in [5.41, 5.74) is 4.54. The van der Waals surface area contributed by atoms with E-state index in [1.54, 1.807) is 5.01 Å². The van der Waals surface area contributed by atoms with E-state index in [0.717, 1.165) is 19.3 Å². The van der Waals surface area contributed by atoms with Crippen LogP contribution in [-0.2, 0) is 20.6 Å². The highest BCUT2D eigenvalue weighted by molar-refractivity contribution is 5.69. The quantitative estimate of drug-likeness (QED) is 0.865. The third-order valence-corrected chi connectivity index (χ3v) is 4.63. The van der Waals surface area contributed by atoms with Crippen LogP contribution in [0, 0.1) is 5.92 Å². The minimum Gasteiger partial charge on any atom is -0.446 e. The van der Waals surface area contributed by atoms with Crippen molar-refractivity contribution >= 4 is 6.09 Å². The van der Waals surface area contributed by atoms with Gasteiger partial charge in [-0.3, -0.25) is 0 Å². The Bertz CT molecular complexity index is 543. The maximum absolute atomic E-state index is 12.1. The van der Waals surface area contributed by atoms with E-state index in [0.29, 0.717) is 25.7 Å². The standard InChI is InChI=1S/C17H22N2O4/c20-17-19(14(11-23-17)10-12-4-2-1-3-5-12)18-15(13-6-7-13)16-21-8-9-22-16/h1-5,13-16,18H,6-11H2/t14-,15+/m0/s1. The molecule has 0 bridgehead atoms. The molecule has 2 atom stereocenters. The fraction of sp³-hybridized carbons (Fsp3) is 0.588. The summed E-state index contributed by atoms with van der Waals surface area (Å²) in [4.78, 5) is 12.1. The van der Waals surface area contributed by atoms with E-state index in [1.807, 2.05) is 18.2 Å². The van der Waals surface area contributed by atoms with Crippen molar-refractivity contribution in [1.29, 1.82) is 0 Å². The Hall–Kier alpha value is -1.63. The zero-order valence-corrected chi connectivity index (χ0v) is 13.0. The Labute approximate surface area is 135 Å². The molecular weight excluding hydrogens is 296 g/mol. The number of hydrazine groups is 1. The van der Waals surface area contributed by atoms with E-state index in [1.165, 1.54) is 5.56 Å². The third kappa shape index (κ3) is 3.34. The van der Waals surface area contributed by atoms with Crippen molar-refractivity contribution in [3.8, 4) is 0 Å². The first-order valence-corrected chi connectivity index (χ1v) is 8.30. The van der Waals surface area contributed by atoms with Gasteiger partial charge in [-0.05, 0) is 30.7 Å². The number of ether oxygens (including phenoxy) is 3. The predicted molar refractivity (Wildman–Crippen MR) is 82.5 cm³/mol. The van der Waals surface area contributed by atoms with Crippen LogP contribution < -0.4 is 5.43 Å². The number of nitrogens with one attached hydrogen (secondary N) is 1. The Morgan fingerprint density at radius 3 is 2.61 bits per heavy atom. The van der Waals surface area contributed by atoms with Gasteiger partial charge in [-0.1, -0.05) is 30.3 Å². The number of rotatable bonds is 6. The first-order chi connectivity index (χ1) is 11.3. The molecule has 124 valence electrons. The Balaban J connectivity index is 1.45. The Morgan fingerprint density at radius 2 is 1.91 bits per heavy atom. The van der Waals surface area contributed by atoms with E-state index in [-0.39, 0.29) is 24.5 Å². The van der Waals surface area contributed by atoms with Gasteiger partial charge in [0.2, 0.25) is 0 Å². The Morgan fingerprint density at radius 1 is 1.17 bits per heavy atom. The SMILES string of the molecule is O=C1OC[C@H](Cc2ccccc2)N1N[C@H](C1CC1)C1OCCO1. The summed E-state index contributed by atoms with van der Waals surface area (Å²) in [6, 6.07) is 10.2. The van der Waals surface area contributed by atoms with E-state index in [2.05, 4.69) is 17.6 Å². The number of cyclic esters (lactones) is 1. The second kappa shape index (κ2) is 6.47. The van der Waals surface area contributed by atoms with E-state index >= 15 is 0 Å². The van der Waals surface area contributed by atoms with Crippen LogP contribution in [0.4, 0.5) is 4.79 Å². The fourth-order valence-corrected chi connectivity index (χ4v) is 3.24. The second-order valence-corrected chi connectivity index (χ2v) is 6.39. The number of amides is 1. The lowest BCUT2D eigenvalue weighted by Crippen LogP contribution is -2.55. The summed E-state index contributed by atoms with van der Waals surface area (Å²) in [6.45, 7) is 1.64. The molecule has 0 aromatic heterocycles. The summed E-state index contributed by atoms with van der Waals surface area (Å²) in [5, 5.41) is 1.64. The molecule has 1 aliphatic carbocycles. The van der Waals surface area contributed by atoms with Crippen LogP contribution in [0.2, 0.25) is 0 Å². The summed E-state index contributed by atoms with van der Waals surface area (Å²) in [6.07, 6.45) is 2.48. The van der Waals surface area contributed by atoms with Gasteiger partial charge in [0.05, 0.1) is 25.3 Å². The van der Waals surface area contributed by atoms with Crippen molar-refractivity contribution in [1.82, 2.24) is 10.4 Å². The van der Waals surface area contributed by atoms with Crippen molar-refractivity contribution in [3.05, 3.63) is 35.9 Å². The number of hydrogen-bond acceptors (Lipinski definition) is 5. The highest BCUT2D eigenvalue weighted by atomic mass is 16.7.